The van der Waals surface area contributed by atoms with Crippen LogP contribution in [0.1, 0.15) is 45.8 Å². The largest absolute Gasteiger partial charge is 0.451 e. The summed E-state index contributed by atoms with van der Waals surface area (Å²) in [6, 6.07) is 4.17. The van der Waals surface area contributed by atoms with Crippen molar-refractivity contribution in [2.45, 2.75) is 32.2 Å². The van der Waals surface area contributed by atoms with Crippen LogP contribution in [-0.4, -0.2) is 5.91 Å². The Hall–Kier alpha value is -3.37. The molecular weight excluding hydrogens is 462 g/mol. The van der Waals surface area contributed by atoms with E-state index in [2.05, 4.69) is 5.32 Å². The summed E-state index contributed by atoms with van der Waals surface area (Å²) in [5, 5.41) is 2.40. The minimum atomic E-state index is -5.04. The molecule has 1 amide bonds. The zero-order valence-corrected chi connectivity index (χ0v) is 17.0. The lowest BCUT2D eigenvalue weighted by Gasteiger charge is -2.15. The molecule has 1 heterocycles. The second kappa shape index (κ2) is 8.53. The maximum atomic E-state index is 13.8. The van der Waals surface area contributed by atoms with Crippen molar-refractivity contribution in [2.24, 2.45) is 0 Å². The Kier molecular flexibility index (Phi) is 6.27. The Morgan fingerprint density at radius 1 is 0.879 bits per heavy atom. The third-order valence-electron chi connectivity index (χ3n) is 4.85. The first-order chi connectivity index (χ1) is 15.2. The van der Waals surface area contributed by atoms with Gasteiger partial charge < -0.3 is 9.73 Å². The average molecular weight is 477 g/mol. The Labute approximate surface area is 182 Å². The van der Waals surface area contributed by atoms with Crippen molar-refractivity contribution in [3.63, 3.8) is 0 Å². The number of alkyl halides is 6. The summed E-state index contributed by atoms with van der Waals surface area (Å²) in [4.78, 5) is 12.4. The number of furan rings is 1. The summed E-state index contributed by atoms with van der Waals surface area (Å²) in [6.45, 7) is 2.66. The first-order valence-electron chi connectivity index (χ1n) is 9.33. The third kappa shape index (κ3) is 5.35. The summed E-state index contributed by atoms with van der Waals surface area (Å²) in [6.07, 6.45) is -10.1. The molecule has 11 heteroatoms. The van der Waals surface area contributed by atoms with Crippen molar-refractivity contribution in [3.05, 3.63) is 82.1 Å². The number of benzene rings is 2. The lowest BCUT2D eigenvalue weighted by Crippen LogP contribution is -2.26. The Bertz CT molecular complexity index is 1140. The molecule has 1 N–H and O–H groups in total. The van der Waals surface area contributed by atoms with Crippen molar-refractivity contribution in [2.75, 3.05) is 0 Å². The summed E-state index contributed by atoms with van der Waals surface area (Å²) in [5.74, 6) is -3.36. The van der Waals surface area contributed by atoms with Crippen LogP contribution in [0, 0.1) is 18.6 Å². The zero-order valence-electron chi connectivity index (χ0n) is 17.0. The van der Waals surface area contributed by atoms with Crippen molar-refractivity contribution >= 4 is 5.91 Å². The van der Waals surface area contributed by atoms with E-state index in [9.17, 15) is 39.9 Å². The predicted molar refractivity (Wildman–Crippen MR) is 101 cm³/mol. The molecule has 0 spiro atoms. The lowest BCUT2D eigenvalue weighted by atomic mass is 10.0. The number of halogens is 8. The first-order valence-corrected chi connectivity index (χ1v) is 9.33. The summed E-state index contributed by atoms with van der Waals surface area (Å²) in [7, 11) is 0. The first kappa shape index (κ1) is 24.3. The van der Waals surface area contributed by atoms with E-state index in [0.29, 0.717) is 12.1 Å². The molecule has 176 valence electrons. The number of rotatable bonds is 4. The quantitative estimate of drug-likeness (QED) is 0.409. The number of hydrogen-bond acceptors (Lipinski definition) is 2. The van der Waals surface area contributed by atoms with Crippen LogP contribution in [-0.2, 0) is 12.4 Å². The summed E-state index contributed by atoms with van der Waals surface area (Å²) < 4.78 is 111. The lowest BCUT2D eigenvalue weighted by molar-refractivity contribution is -0.143. The van der Waals surface area contributed by atoms with Crippen molar-refractivity contribution in [1.82, 2.24) is 5.32 Å². The van der Waals surface area contributed by atoms with Crippen molar-refractivity contribution in [1.29, 1.82) is 0 Å². The van der Waals surface area contributed by atoms with E-state index in [-0.39, 0.29) is 17.2 Å². The maximum absolute atomic E-state index is 13.8. The van der Waals surface area contributed by atoms with E-state index >= 15 is 0 Å². The fourth-order valence-corrected chi connectivity index (χ4v) is 2.98. The molecule has 0 saturated carbocycles. The molecule has 1 atom stereocenters. The van der Waals surface area contributed by atoms with Crippen molar-refractivity contribution < 1.29 is 44.3 Å². The van der Waals surface area contributed by atoms with E-state index in [4.69, 9.17) is 4.42 Å². The highest BCUT2D eigenvalue weighted by Gasteiger charge is 2.37. The van der Waals surface area contributed by atoms with Gasteiger partial charge in [0.1, 0.15) is 17.4 Å². The molecule has 2 aromatic carbocycles. The molecule has 3 rings (SSSR count). The molecule has 0 saturated heterocycles. The molecule has 0 fully saturated rings. The number of nitrogens with one attached hydrogen (secondary N) is 1. The van der Waals surface area contributed by atoms with Gasteiger partial charge in [-0.15, -0.1) is 0 Å². The molecule has 33 heavy (non-hydrogen) atoms. The van der Waals surface area contributed by atoms with E-state index in [1.165, 1.54) is 13.8 Å². The fraction of sp³-hybridized carbons (Fsp3) is 0.227. The smallest absolute Gasteiger partial charge is 0.416 e. The minimum Gasteiger partial charge on any atom is -0.451 e. The summed E-state index contributed by atoms with van der Waals surface area (Å²) in [5.41, 5.74) is -3.71. The van der Waals surface area contributed by atoms with Crippen LogP contribution in [0.25, 0.3) is 11.3 Å². The number of carbonyl (C=O) groups excluding carboxylic acids is 1. The molecule has 0 bridgehead atoms. The molecule has 1 aromatic heterocycles. The third-order valence-corrected chi connectivity index (χ3v) is 4.85. The molecular formula is C22H15F8NO2. The molecule has 0 unspecified atom stereocenters. The summed E-state index contributed by atoms with van der Waals surface area (Å²) >= 11 is 0. The topological polar surface area (TPSA) is 42.2 Å². The zero-order chi connectivity index (χ0) is 24.7. The Morgan fingerprint density at radius 2 is 1.39 bits per heavy atom. The highest BCUT2D eigenvalue weighted by atomic mass is 19.4. The molecule has 0 radical (unpaired) electrons. The molecule has 0 aliphatic heterocycles. The van der Waals surface area contributed by atoms with Crippen molar-refractivity contribution in [3.8, 4) is 11.3 Å². The molecule has 3 aromatic rings. The van der Waals surface area contributed by atoms with E-state index in [0.717, 1.165) is 24.3 Å². The predicted octanol–water partition coefficient (Wildman–Crippen LogP) is 7.06. The number of carbonyl (C=O) groups is 1. The second-order valence-corrected chi connectivity index (χ2v) is 7.26. The van der Waals surface area contributed by atoms with Crippen LogP contribution < -0.4 is 5.32 Å². The van der Waals surface area contributed by atoms with E-state index in [1.54, 1.807) is 0 Å². The normalized spacial score (nSPS) is 13.2. The number of hydrogen-bond donors (Lipinski definition) is 1. The Morgan fingerprint density at radius 3 is 1.88 bits per heavy atom. The minimum absolute atomic E-state index is 0.0262. The van der Waals surface area contributed by atoms with Crippen LogP contribution in [0.4, 0.5) is 35.1 Å². The van der Waals surface area contributed by atoms with Gasteiger partial charge in [-0.3, -0.25) is 4.79 Å². The van der Waals surface area contributed by atoms with Crippen LogP contribution in [0.15, 0.2) is 46.9 Å². The van der Waals surface area contributed by atoms with E-state index < -0.39 is 64.1 Å². The Balaban J connectivity index is 1.88. The van der Waals surface area contributed by atoms with E-state index in [1.807, 2.05) is 0 Å². The maximum Gasteiger partial charge on any atom is 0.416 e. The van der Waals surface area contributed by atoms with Crippen LogP contribution in [0.3, 0.4) is 0 Å². The van der Waals surface area contributed by atoms with Gasteiger partial charge in [0, 0.05) is 11.1 Å². The van der Waals surface area contributed by atoms with Gasteiger partial charge >= 0.3 is 12.4 Å². The standard InChI is InChI=1S/C22H15F8NO2/c1-10-16(23)7-12(8-17(10)24)11(2)31-20(32)19-4-3-18(33-19)13-5-14(21(25,26)27)9-15(6-13)22(28,29)30/h3-9,11H,1-2H3,(H,31,32)/t11-/m1/s1. The van der Waals surface area contributed by atoms with Crippen LogP contribution >= 0.6 is 0 Å². The van der Waals surface area contributed by atoms with Gasteiger partial charge in [0.2, 0.25) is 0 Å². The monoisotopic (exact) mass is 477 g/mol. The molecule has 0 aliphatic carbocycles. The van der Waals surface area contributed by atoms with Gasteiger partial charge in [0.05, 0.1) is 17.2 Å². The van der Waals surface area contributed by atoms with Gasteiger partial charge in [-0.2, -0.15) is 26.3 Å². The highest BCUT2D eigenvalue weighted by Crippen LogP contribution is 2.39. The highest BCUT2D eigenvalue weighted by molar-refractivity contribution is 5.92. The second-order valence-electron chi connectivity index (χ2n) is 7.26. The van der Waals surface area contributed by atoms with Gasteiger partial charge in [0.25, 0.3) is 5.91 Å². The van der Waals surface area contributed by atoms with Gasteiger partial charge in [0.15, 0.2) is 5.76 Å². The number of amides is 1. The van der Waals surface area contributed by atoms with Gasteiger partial charge in [-0.25, -0.2) is 8.78 Å². The van der Waals surface area contributed by atoms with Crippen LogP contribution in [0.2, 0.25) is 0 Å². The van der Waals surface area contributed by atoms with Gasteiger partial charge in [-0.05, 0) is 61.9 Å². The van der Waals surface area contributed by atoms with Gasteiger partial charge in [-0.1, -0.05) is 0 Å². The van der Waals surface area contributed by atoms with Crippen LogP contribution in [0.5, 0.6) is 0 Å². The molecule has 0 aliphatic rings. The molecule has 3 nitrogen and oxygen atoms in total. The average Bonchev–Trinajstić information content (AvgIpc) is 3.20. The fourth-order valence-electron chi connectivity index (χ4n) is 2.98. The SMILES string of the molecule is Cc1c(F)cc([C@@H](C)NC(=O)c2ccc(-c3cc(C(F)(F)F)cc(C(F)(F)F)c3)o2)cc1F.